The summed E-state index contributed by atoms with van der Waals surface area (Å²) in [6.45, 7) is 9.84. The first-order valence-corrected chi connectivity index (χ1v) is 7.16. The van der Waals surface area contributed by atoms with Crippen molar-refractivity contribution >= 4 is 5.78 Å². The Bertz CT molecular complexity index is 651. The second kappa shape index (κ2) is 5.80. The first-order valence-electron chi connectivity index (χ1n) is 7.16. The number of hydrogen-bond donors (Lipinski definition) is 0. The number of aromatic nitrogens is 2. The Morgan fingerprint density at radius 3 is 2.52 bits per heavy atom. The summed E-state index contributed by atoms with van der Waals surface area (Å²) in [5.74, 6) is 1.12. The molecule has 1 heterocycles. The van der Waals surface area contributed by atoms with Crippen molar-refractivity contribution in [3.63, 3.8) is 0 Å². The highest BCUT2D eigenvalue weighted by Crippen LogP contribution is 2.18. The molecule has 0 saturated heterocycles. The quantitative estimate of drug-likeness (QED) is 0.864. The summed E-state index contributed by atoms with van der Waals surface area (Å²) < 4.78 is 5.17. The van der Waals surface area contributed by atoms with E-state index in [2.05, 4.69) is 42.2 Å². The van der Waals surface area contributed by atoms with Crippen molar-refractivity contribution in [3.05, 3.63) is 46.6 Å². The number of Topliss-reactive ketones (excluding diaryl/α,β-unsaturated/α-hetero) is 1. The van der Waals surface area contributed by atoms with Crippen molar-refractivity contribution in [2.75, 3.05) is 0 Å². The maximum Gasteiger partial charge on any atom is 0.234 e. The van der Waals surface area contributed by atoms with E-state index in [9.17, 15) is 4.79 Å². The molecule has 0 bridgehead atoms. The van der Waals surface area contributed by atoms with E-state index in [4.69, 9.17) is 4.52 Å². The second-order valence-electron chi connectivity index (χ2n) is 6.55. The average Bonchev–Trinajstić information content (AvgIpc) is 2.80. The summed E-state index contributed by atoms with van der Waals surface area (Å²) in [5.41, 5.74) is 3.28. The Balaban J connectivity index is 2.06. The molecule has 21 heavy (non-hydrogen) atoms. The predicted molar refractivity (Wildman–Crippen MR) is 81.2 cm³/mol. The van der Waals surface area contributed by atoms with Crippen molar-refractivity contribution in [2.45, 2.75) is 47.5 Å². The summed E-state index contributed by atoms with van der Waals surface area (Å²) >= 11 is 0. The number of aryl methyl sites for hydroxylation is 2. The SMILES string of the molecule is Cc1ccc(Cc2noc(CC(=O)C(C)(C)C)n2)cc1C. The van der Waals surface area contributed by atoms with Crippen LogP contribution in [0.1, 0.15) is 49.2 Å². The van der Waals surface area contributed by atoms with Gasteiger partial charge in [-0.05, 0) is 30.5 Å². The monoisotopic (exact) mass is 286 g/mol. The zero-order chi connectivity index (χ0) is 15.6. The minimum atomic E-state index is -0.386. The normalized spacial score (nSPS) is 11.7. The summed E-state index contributed by atoms with van der Waals surface area (Å²) in [6, 6.07) is 6.29. The molecule has 0 aliphatic carbocycles. The lowest BCUT2D eigenvalue weighted by atomic mass is 9.89. The van der Waals surface area contributed by atoms with Crippen LogP contribution >= 0.6 is 0 Å². The molecule has 4 nitrogen and oxygen atoms in total. The van der Waals surface area contributed by atoms with Crippen molar-refractivity contribution in [3.8, 4) is 0 Å². The molecule has 0 spiro atoms. The summed E-state index contributed by atoms with van der Waals surface area (Å²) in [7, 11) is 0. The molecule has 0 N–H and O–H groups in total. The van der Waals surface area contributed by atoms with Crippen molar-refractivity contribution < 1.29 is 9.32 Å². The topological polar surface area (TPSA) is 56.0 Å². The van der Waals surface area contributed by atoms with Gasteiger partial charge in [-0.3, -0.25) is 4.79 Å². The fourth-order valence-corrected chi connectivity index (χ4v) is 1.93. The van der Waals surface area contributed by atoms with E-state index in [1.807, 2.05) is 20.8 Å². The molecule has 0 fully saturated rings. The molecule has 2 aromatic rings. The van der Waals surface area contributed by atoms with Crippen molar-refractivity contribution in [1.82, 2.24) is 10.1 Å². The maximum absolute atomic E-state index is 12.0. The Hall–Kier alpha value is -1.97. The van der Waals surface area contributed by atoms with Crippen LogP contribution in [0.5, 0.6) is 0 Å². The third kappa shape index (κ3) is 4.00. The van der Waals surface area contributed by atoms with Crippen LogP contribution in [0.3, 0.4) is 0 Å². The molecule has 0 aliphatic heterocycles. The molecular formula is C17H22N2O2. The number of ketones is 1. The van der Waals surface area contributed by atoms with Gasteiger partial charge in [-0.15, -0.1) is 0 Å². The van der Waals surface area contributed by atoms with Gasteiger partial charge >= 0.3 is 0 Å². The van der Waals surface area contributed by atoms with Gasteiger partial charge in [0.25, 0.3) is 0 Å². The Labute approximate surface area is 125 Å². The third-order valence-corrected chi connectivity index (χ3v) is 3.59. The molecule has 0 atom stereocenters. The van der Waals surface area contributed by atoms with Crippen LogP contribution in [-0.4, -0.2) is 15.9 Å². The minimum Gasteiger partial charge on any atom is -0.339 e. The highest BCUT2D eigenvalue weighted by molar-refractivity contribution is 5.84. The molecule has 1 aromatic heterocycles. The Morgan fingerprint density at radius 2 is 1.90 bits per heavy atom. The van der Waals surface area contributed by atoms with E-state index >= 15 is 0 Å². The van der Waals surface area contributed by atoms with Gasteiger partial charge in [0.2, 0.25) is 5.89 Å². The number of rotatable bonds is 4. The van der Waals surface area contributed by atoms with Gasteiger partial charge < -0.3 is 4.52 Å². The van der Waals surface area contributed by atoms with Gasteiger partial charge in [-0.2, -0.15) is 4.98 Å². The van der Waals surface area contributed by atoms with E-state index in [-0.39, 0.29) is 17.6 Å². The third-order valence-electron chi connectivity index (χ3n) is 3.59. The fraction of sp³-hybridized carbons (Fsp3) is 0.471. The molecule has 2 rings (SSSR count). The molecule has 0 aliphatic rings. The van der Waals surface area contributed by atoms with Crippen LogP contribution in [0.15, 0.2) is 22.7 Å². The number of nitrogens with zero attached hydrogens (tertiary/aromatic N) is 2. The molecule has 112 valence electrons. The van der Waals surface area contributed by atoms with E-state index in [0.717, 1.165) is 5.56 Å². The van der Waals surface area contributed by atoms with E-state index in [0.29, 0.717) is 18.1 Å². The van der Waals surface area contributed by atoms with E-state index in [1.165, 1.54) is 11.1 Å². The summed E-state index contributed by atoms with van der Waals surface area (Å²) in [4.78, 5) is 16.3. The van der Waals surface area contributed by atoms with Crippen LogP contribution in [0.25, 0.3) is 0 Å². The summed E-state index contributed by atoms with van der Waals surface area (Å²) in [6.07, 6.45) is 0.817. The Kier molecular flexibility index (Phi) is 4.26. The van der Waals surface area contributed by atoms with Gasteiger partial charge in [0, 0.05) is 11.8 Å². The highest BCUT2D eigenvalue weighted by Gasteiger charge is 2.23. The van der Waals surface area contributed by atoms with Gasteiger partial charge in [0.05, 0.1) is 6.42 Å². The molecule has 4 heteroatoms. The molecule has 0 unspecified atom stereocenters. The number of carbonyl (C=O) groups is 1. The maximum atomic E-state index is 12.0. The fourth-order valence-electron chi connectivity index (χ4n) is 1.93. The predicted octanol–water partition coefficient (Wildman–Crippen LogP) is 3.43. The van der Waals surface area contributed by atoms with Crippen LogP contribution in [0, 0.1) is 19.3 Å². The minimum absolute atomic E-state index is 0.101. The second-order valence-corrected chi connectivity index (χ2v) is 6.55. The van der Waals surface area contributed by atoms with Gasteiger partial charge in [0.15, 0.2) is 5.82 Å². The number of carbonyl (C=O) groups excluding carboxylic acids is 1. The van der Waals surface area contributed by atoms with Crippen LogP contribution in [0.4, 0.5) is 0 Å². The average molecular weight is 286 g/mol. The standard InChI is InChI=1S/C17H22N2O2/c1-11-6-7-13(8-12(11)2)9-15-18-16(21-19-15)10-14(20)17(3,4)5/h6-8H,9-10H2,1-5H3. The lowest BCUT2D eigenvalue weighted by molar-refractivity contribution is -0.125. The van der Waals surface area contributed by atoms with Gasteiger partial charge in [-0.25, -0.2) is 0 Å². The first kappa shape index (κ1) is 15.4. The molecular weight excluding hydrogens is 264 g/mol. The summed E-state index contributed by atoms with van der Waals surface area (Å²) in [5, 5.41) is 3.96. The largest absolute Gasteiger partial charge is 0.339 e. The Morgan fingerprint density at radius 1 is 1.19 bits per heavy atom. The lowest BCUT2D eigenvalue weighted by Crippen LogP contribution is -2.22. The number of hydrogen-bond acceptors (Lipinski definition) is 4. The van der Waals surface area contributed by atoms with E-state index < -0.39 is 0 Å². The van der Waals surface area contributed by atoms with Crippen molar-refractivity contribution in [2.24, 2.45) is 5.41 Å². The van der Waals surface area contributed by atoms with Crippen LogP contribution in [0.2, 0.25) is 0 Å². The molecule has 1 aromatic carbocycles. The van der Waals surface area contributed by atoms with Gasteiger partial charge in [-0.1, -0.05) is 44.1 Å². The van der Waals surface area contributed by atoms with Crippen LogP contribution in [-0.2, 0) is 17.6 Å². The zero-order valence-electron chi connectivity index (χ0n) is 13.4. The van der Waals surface area contributed by atoms with Gasteiger partial charge in [0.1, 0.15) is 5.78 Å². The number of benzene rings is 1. The smallest absolute Gasteiger partial charge is 0.234 e. The molecule has 0 radical (unpaired) electrons. The first-order chi connectivity index (χ1) is 9.75. The molecule has 0 saturated carbocycles. The highest BCUT2D eigenvalue weighted by atomic mass is 16.5. The molecule has 0 amide bonds. The van der Waals surface area contributed by atoms with E-state index in [1.54, 1.807) is 0 Å². The van der Waals surface area contributed by atoms with Crippen LogP contribution < -0.4 is 0 Å². The van der Waals surface area contributed by atoms with Crippen molar-refractivity contribution in [1.29, 1.82) is 0 Å². The lowest BCUT2D eigenvalue weighted by Gasteiger charge is -2.14. The zero-order valence-corrected chi connectivity index (χ0v) is 13.4.